The molecule has 0 aliphatic rings. The SMILES string of the molecule is COc1ccc(C)cc1C(=O)/C=C/c1cccc(F)c1F. The fourth-order valence-electron chi connectivity index (χ4n) is 1.92. The van der Waals surface area contributed by atoms with Crippen molar-refractivity contribution in [2.45, 2.75) is 6.92 Å². The van der Waals surface area contributed by atoms with Crippen LogP contribution in [0.3, 0.4) is 0 Å². The van der Waals surface area contributed by atoms with E-state index in [1.165, 1.54) is 31.4 Å². The molecular formula is C17H14F2O2. The van der Waals surface area contributed by atoms with Gasteiger partial charge in [-0.05, 0) is 37.3 Å². The van der Waals surface area contributed by atoms with Crippen LogP contribution in [0, 0.1) is 18.6 Å². The molecule has 108 valence electrons. The topological polar surface area (TPSA) is 26.3 Å². The van der Waals surface area contributed by atoms with Crippen LogP contribution in [0.25, 0.3) is 6.08 Å². The third-order valence-electron chi connectivity index (χ3n) is 3.02. The van der Waals surface area contributed by atoms with Gasteiger partial charge in [0.2, 0.25) is 0 Å². The molecule has 0 atom stereocenters. The Morgan fingerprint density at radius 2 is 1.95 bits per heavy atom. The highest BCUT2D eigenvalue weighted by Gasteiger charge is 2.10. The standard InChI is InChI=1S/C17H14F2O2/c1-11-6-9-16(21-2)13(10-11)15(20)8-7-12-4-3-5-14(18)17(12)19/h3-10H,1-2H3/b8-7+. The summed E-state index contributed by atoms with van der Waals surface area (Å²) in [6, 6.07) is 9.02. The number of hydrogen-bond acceptors (Lipinski definition) is 2. The minimum absolute atomic E-state index is 0.0231. The molecule has 0 aliphatic carbocycles. The maximum absolute atomic E-state index is 13.5. The van der Waals surface area contributed by atoms with Crippen molar-refractivity contribution in [2.24, 2.45) is 0 Å². The average Bonchev–Trinajstić information content (AvgIpc) is 2.48. The number of ketones is 1. The van der Waals surface area contributed by atoms with Crippen LogP contribution in [-0.2, 0) is 0 Å². The summed E-state index contributed by atoms with van der Waals surface area (Å²) in [5, 5.41) is 0. The second kappa shape index (κ2) is 6.31. The van der Waals surface area contributed by atoms with Crippen molar-refractivity contribution in [1.29, 1.82) is 0 Å². The highest BCUT2D eigenvalue weighted by molar-refractivity contribution is 6.08. The molecule has 0 spiro atoms. The summed E-state index contributed by atoms with van der Waals surface area (Å²) in [5.74, 6) is -1.82. The molecule has 0 amide bonds. The van der Waals surface area contributed by atoms with Gasteiger partial charge in [-0.25, -0.2) is 8.78 Å². The number of halogens is 2. The summed E-state index contributed by atoms with van der Waals surface area (Å²) >= 11 is 0. The van der Waals surface area contributed by atoms with E-state index in [0.29, 0.717) is 11.3 Å². The zero-order valence-corrected chi connectivity index (χ0v) is 11.7. The molecule has 0 saturated carbocycles. The minimum Gasteiger partial charge on any atom is -0.496 e. The van der Waals surface area contributed by atoms with Gasteiger partial charge < -0.3 is 4.74 Å². The Morgan fingerprint density at radius 3 is 2.67 bits per heavy atom. The summed E-state index contributed by atoms with van der Waals surface area (Å²) in [5.41, 5.74) is 1.31. The van der Waals surface area contributed by atoms with Crippen LogP contribution in [-0.4, -0.2) is 12.9 Å². The lowest BCUT2D eigenvalue weighted by molar-refractivity contribution is 0.104. The van der Waals surface area contributed by atoms with E-state index in [4.69, 9.17) is 4.74 Å². The lowest BCUT2D eigenvalue weighted by atomic mass is 10.1. The van der Waals surface area contributed by atoms with Gasteiger partial charge in [0.25, 0.3) is 0 Å². The molecule has 2 rings (SSSR count). The van der Waals surface area contributed by atoms with Crippen LogP contribution in [0.5, 0.6) is 5.75 Å². The number of allylic oxidation sites excluding steroid dienone is 1. The molecule has 2 nitrogen and oxygen atoms in total. The van der Waals surface area contributed by atoms with Crippen molar-refractivity contribution in [3.63, 3.8) is 0 Å². The number of carbonyl (C=O) groups excluding carboxylic acids is 1. The Balaban J connectivity index is 2.31. The monoisotopic (exact) mass is 288 g/mol. The number of benzene rings is 2. The van der Waals surface area contributed by atoms with Crippen LogP contribution in [0.2, 0.25) is 0 Å². The van der Waals surface area contributed by atoms with Crippen molar-refractivity contribution in [2.75, 3.05) is 7.11 Å². The predicted octanol–water partition coefficient (Wildman–Crippen LogP) is 4.18. The number of aryl methyl sites for hydroxylation is 1. The number of ether oxygens (including phenoxy) is 1. The van der Waals surface area contributed by atoms with E-state index in [1.807, 2.05) is 13.0 Å². The fourth-order valence-corrected chi connectivity index (χ4v) is 1.92. The van der Waals surface area contributed by atoms with E-state index < -0.39 is 11.6 Å². The third kappa shape index (κ3) is 3.34. The average molecular weight is 288 g/mol. The predicted molar refractivity (Wildman–Crippen MR) is 77.5 cm³/mol. The van der Waals surface area contributed by atoms with Gasteiger partial charge in [-0.15, -0.1) is 0 Å². The minimum atomic E-state index is -0.974. The van der Waals surface area contributed by atoms with Crippen molar-refractivity contribution < 1.29 is 18.3 Å². The molecule has 0 fully saturated rings. The van der Waals surface area contributed by atoms with Crippen molar-refractivity contribution in [1.82, 2.24) is 0 Å². The summed E-state index contributed by atoms with van der Waals surface area (Å²) in [6.45, 7) is 1.85. The summed E-state index contributed by atoms with van der Waals surface area (Å²) in [7, 11) is 1.47. The summed E-state index contributed by atoms with van der Waals surface area (Å²) in [4.78, 5) is 12.2. The van der Waals surface area contributed by atoms with Crippen LogP contribution in [0.4, 0.5) is 8.78 Å². The zero-order valence-electron chi connectivity index (χ0n) is 11.7. The molecular weight excluding hydrogens is 274 g/mol. The summed E-state index contributed by atoms with van der Waals surface area (Å²) < 4.78 is 31.7. The fraction of sp³-hybridized carbons (Fsp3) is 0.118. The first-order valence-electron chi connectivity index (χ1n) is 6.34. The molecule has 0 bridgehead atoms. The van der Waals surface area contributed by atoms with Crippen LogP contribution < -0.4 is 4.74 Å². The molecule has 4 heteroatoms. The molecule has 0 radical (unpaired) electrons. The van der Waals surface area contributed by atoms with Crippen molar-refractivity contribution in [3.05, 3.63) is 70.8 Å². The highest BCUT2D eigenvalue weighted by atomic mass is 19.2. The van der Waals surface area contributed by atoms with Gasteiger partial charge in [0.05, 0.1) is 12.7 Å². The van der Waals surface area contributed by atoms with E-state index >= 15 is 0 Å². The molecule has 0 N–H and O–H groups in total. The van der Waals surface area contributed by atoms with E-state index in [-0.39, 0.29) is 11.3 Å². The van der Waals surface area contributed by atoms with Crippen molar-refractivity contribution in [3.8, 4) is 5.75 Å². The molecule has 0 aromatic heterocycles. The summed E-state index contributed by atoms with van der Waals surface area (Å²) in [6.07, 6.45) is 2.46. The van der Waals surface area contributed by atoms with E-state index in [2.05, 4.69) is 0 Å². The largest absolute Gasteiger partial charge is 0.496 e. The Labute approximate surface area is 121 Å². The van der Waals surface area contributed by atoms with Gasteiger partial charge in [0, 0.05) is 5.56 Å². The zero-order chi connectivity index (χ0) is 15.4. The number of rotatable bonds is 4. The number of carbonyl (C=O) groups is 1. The smallest absolute Gasteiger partial charge is 0.189 e. The van der Waals surface area contributed by atoms with Crippen LogP contribution in [0.15, 0.2) is 42.5 Å². The Bertz CT molecular complexity index is 706. The maximum Gasteiger partial charge on any atom is 0.189 e. The van der Waals surface area contributed by atoms with E-state index in [1.54, 1.807) is 12.1 Å². The molecule has 2 aromatic rings. The highest BCUT2D eigenvalue weighted by Crippen LogP contribution is 2.21. The first kappa shape index (κ1) is 14.9. The van der Waals surface area contributed by atoms with Gasteiger partial charge in [-0.1, -0.05) is 23.8 Å². The second-order valence-electron chi connectivity index (χ2n) is 4.54. The normalized spacial score (nSPS) is 10.9. The van der Waals surface area contributed by atoms with E-state index in [0.717, 1.165) is 11.6 Å². The first-order valence-corrected chi connectivity index (χ1v) is 6.34. The number of hydrogen-bond donors (Lipinski definition) is 0. The third-order valence-corrected chi connectivity index (χ3v) is 3.02. The lowest BCUT2D eigenvalue weighted by Crippen LogP contribution is -1.99. The molecule has 21 heavy (non-hydrogen) atoms. The quantitative estimate of drug-likeness (QED) is 0.623. The van der Waals surface area contributed by atoms with E-state index in [9.17, 15) is 13.6 Å². The molecule has 0 unspecified atom stereocenters. The van der Waals surface area contributed by atoms with Gasteiger partial charge in [0.15, 0.2) is 17.4 Å². The lowest BCUT2D eigenvalue weighted by Gasteiger charge is -2.06. The van der Waals surface area contributed by atoms with Gasteiger partial charge in [-0.3, -0.25) is 4.79 Å². The van der Waals surface area contributed by atoms with Gasteiger partial charge >= 0.3 is 0 Å². The number of methoxy groups -OCH3 is 1. The second-order valence-corrected chi connectivity index (χ2v) is 4.54. The van der Waals surface area contributed by atoms with Crippen LogP contribution in [0.1, 0.15) is 21.5 Å². The molecule has 0 aliphatic heterocycles. The van der Waals surface area contributed by atoms with Gasteiger partial charge in [-0.2, -0.15) is 0 Å². The Kier molecular flexibility index (Phi) is 4.48. The first-order chi connectivity index (χ1) is 10.0. The molecule has 0 saturated heterocycles. The molecule has 2 aromatic carbocycles. The van der Waals surface area contributed by atoms with Crippen LogP contribution >= 0.6 is 0 Å². The Morgan fingerprint density at radius 1 is 1.19 bits per heavy atom. The Hall–Kier alpha value is -2.49. The molecule has 0 heterocycles. The van der Waals surface area contributed by atoms with Gasteiger partial charge in [0.1, 0.15) is 5.75 Å². The van der Waals surface area contributed by atoms with Crippen molar-refractivity contribution >= 4 is 11.9 Å². The maximum atomic E-state index is 13.5.